The van der Waals surface area contributed by atoms with Gasteiger partial charge >= 0.3 is 0 Å². The lowest BCUT2D eigenvalue weighted by Crippen LogP contribution is -2.14. The number of hydrogen-bond acceptors (Lipinski definition) is 2. The minimum Gasteiger partial charge on any atom is -0.328 e. The number of benzene rings is 1. The van der Waals surface area contributed by atoms with Crippen molar-refractivity contribution in [3.8, 4) is 0 Å². The van der Waals surface area contributed by atoms with Gasteiger partial charge in [-0.2, -0.15) is 0 Å². The smallest absolute Gasteiger partial charge is 0.0345 e. The maximum atomic E-state index is 5.74. The molecular weight excluding hydrogens is 190 g/mol. The number of nitrogens with two attached hydrogens (primary N) is 1. The normalized spacial score (nSPS) is 13.3. The van der Waals surface area contributed by atoms with E-state index >= 15 is 0 Å². The second-order valence-electron chi connectivity index (χ2n) is 3.77. The Bertz CT molecular complexity index is 384. The van der Waals surface area contributed by atoms with E-state index in [0.717, 1.165) is 12.8 Å². The third kappa shape index (κ3) is 2.14. The topological polar surface area (TPSA) is 26.0 Å². The SMILES string of the molecule is C[C@H](N)CCc1cc2ccccc2s1. The summed E-state index contributed by atoms with van der Waals surface area (Å²) in [6.07, 6.45) is 2.18. The fraction of sp³-hybridized carbons (Fsp3) is 0.333. The van der Waals surface area contributed by atoms with Crippen LogP contribution in [-0.2, 0) is 6.42 Å². The Labute approximate surface area is 88.6 Å². The molecule has 0 spiro atoms. The van der Waals surface area contributed by atoms with Crippen molar-refractivity contribution in [1.29, 1.82) is 0 Å². The standard InChI is InChI=1S/C12H15NS/c1-9(13)6-7-11-8-10-4-2-3-5-12(10)14-11/h2-5,8-9H,6-7,13H2,1H3/t9-/m0/s1. The van der Waals surface area contributed by atoms with E-state index in [4.69, 9.17) is 5.73 Å². The van der Waals surface area contributed by atoms with E-state index in [2.05, 4.69) is 37.3 Å². The van der Waals surface area contributed by atoms with Gasteiger partial charge in [-0.1, -0.05) is 18.2 Å². The van der Waals surface area contributed by atoms with Crippen LogP contribution in [0.4, 0.5) is 0 Å². The summed E-state index contributed by atoms with van der Waals surface area (Å²) in [6, 6.07) is 11.1. The first-order valence-corrected chi connectivity index (χ1v) is 5.80. The second kappa shape index (κ2) is 4.11. The van der Waals surface area contributed by atoms with Crippen LogP contribution in [0, 0.1) is 0 Å². The third-order valence-corrected chi connectivity index (χ3v) is 3.50. The molecule has 0 saturated carbocycles. The Morgan fingerprint density at radius 2 is 2.14 bits per heavy atom. The molecule has 1 aromatic heterocycles. The maximum absolute atomic E-state index is 5.74. The molecule has 2 rings (SSSR count). The first-order chi connectivity index (χ1) is 6.75. The number of hydrogen-bond donors (Lipinski definition) is 1. The molecule has 0 radical (unpaired) electrons. The summed E-state index contributed by atoms with van der Waals surface area (Å²) in [5, 5.41) is 1.36. The molecule has 0 aliphatic carbocycles. The van der Waals surface area contributed by atoms with Gasteiger partial charge < -0.3 is 5.73 Å². The van der Waals surface area contributed by atoms with Gasteiger partial charge in [0.25, 0.3) is 0 Å². The largest absolute Gasteiger partial charge is 0.328 e. The summed E-state index contributed by atoms with van der Waals surface area (Å²) >= 11 is 1.88. The molecule has 2 heteroatoms. The van der Waals surface area contributed by atoms with Gasteiger partial charge in [-0.15, -0.1) is 11.3 Å². The van der Waals surface area contributed by atoms with E-state index in [1.54, 1.807) is 0 Å². The summed E-state index contributed by atoms with van der Waals surface area (Å²) < 4.78 is 1.38. The molecule has 1 nitrogen and oxygen atoms in total. The fourth-order valence-corrected chi connectivity index (χ4v) is 2.61. The molecule has 0 aliphatic heterocycles. The molecule has 0 amide bonds. The van der Waals surface area contributed by atoms with Crippen molar-refractivity contribution in [2.75, 3.05) is 0 Å². The maximum Gasteiger partial charge on any atom is 0.0345 e. The molecule has 0 unspecified atom stereocenters. The molecule has 14 heavy (non-hydrogen) atoms. The van der Waals surface area contributed by atoms with Crippen LogP contribution in [-0.4, -0.2) is 6.04 Å². The molecule has 0 aliphatic rings. The lowest BCUT2D eigenvalue weighted by molar-refractivity contribution is 0.670. The van der Waals surface area contributed by atoms with E-state index in [-0.39, 0.29) is 0 Å². The molecule has 2 aromatic rings. The van der Waals surface area contributed by atoms with Crippen LogP contribution in [0.2, 0.25) is 0 Å². The molecule has 1 atom stereocenters. The predicted octanol–water partition coefficient (Wildman–Crippen LogP) is 3.18. The molecule has 2 N–H and O–H groups in total. The van der Waals surface area contributed by atoms with Crippen LogP contribution in [0.15, 0.2) is 30.3 Å². The van der Waals surface area contributed by atoms with Crippen LogP contribution in [0.1, 0.15) is 18.2 Å². The van der Waals surface area contributed by atoms with E-state index in [1.807, 2.05) is 11.3 Å². The summed E-state index contributed by atoms with van der Waals surface area (Å²) in [5.74, 6) is 0. The van der Waals surface area contributed by atoms with Crippen molar-refractivity contribution < 1.29 is 0 Å². The zero-order valence-corrected chi connectivity index (χ0v) is 9.18. The number of rotatable bonds is 3. The minimum absolute atomic E-state index is 0.306. The van der Waals surface area contributed by atoms with Crippen LogP contribution >= 0.6 is 11.3 Å². The Hall–Kier alpha value is -0.860. The molecule has 1 aromatic carbocycles. The van der Waals surface area contributed by atoms with Gasteiger partial charge in [-0.3, -0.25) is 0 Å². The second-order valence-corrected chi connectivity index (χ2v) is 4.93. The van der Waals surface area contributed by atoms with Crippen LogP contribution in [0.5, 0.6) is 0 Å². The van der Waals surface area contributed by atoms with Gasteiger partial charge in [0.15, 0.2) is 0 Å². The van der Waals surface area contributed by atoms with E-state index in [1.165, 1.54) is 15.0 Å². The Morgan fingerprint density at radius 1 is 1.36 bits per heavy atom. The molecule has 0 fully saturated rings. The van der Waals surface area contributed by atoms with Gasteiger partial charge in [0, 0.05) is 15.6 Å². The van der Waals surface area contributed by atoms with Gasteiger partial charge in [0.1, 0.15) is 0 Å². The number of aryl methyl sites for hydroxylation is 1. The molecular formula is C12H15NS. The molecule has 0 saturated heterocycles. The summed E-state index contributed by atoms with van der Waals surface area (Å²) in [6.45, 7) is 2.06. The van der Waals surface area contributed by atoms with Gasteiger partial charge in [0.05, 0.1) is 0 Å². The van der Waals surface area contributed by atoms with E-state index < -0.39 is 0 Å². The van der Waals surface area contributed by atoms with E-state index in [9.17, 15) is 0 Å². The minimum atomic E-state index is 0.306. The summed E-state index contributed by atoms with van der Waals surface area (Å²) in [4.78, 5) is 1.45. The highest BCUT2D eigenvalue weighted by Crippen LogP contribution is 2.26. The zero-order valence-electron chi connectivity index (χ0n) is 8.36. The third-order valence-electron chi connectivity index (χ3n) is 2.32. The summed E-state index contributed by atoms with van der Waals surface area (Å²) in [5.41, 5.74) is 5.74. The van der Waals surface area contributed by atoms with Gasteiger partial charge in [0.2, 0.25) is 0 Å². The highest BCUT2D eigenvalue weighted by atomic mass is 32.1. The van der Waals surface area contributed by atoms with Crippen molar-refractivity contribution in [3.63, 3.8) is 0 Å². The average molecular weight is 205 g/mol. The van der Waals surface area contributed by atoms with Crippen molar-refractivity contribution in [1.82, 2.24) is 0 Å². The Balaban J connectivity index is 2.19. The van der Waals surface area contributed by atoms with Crippen molar-refractivity contribution in [3.05, 3.63) is 35.2 Å². The van der Waals surface area contributed by atoms with Crippen molar-refractivity contribution >= 4 is 21.4 Å². The molecule has 1 heterocycles. The highest BCUT2D eigenvalue weighted by molar-refractivity contribution is 7.19. The fourth-order valence-electron chi connectivity index (χ4n) is 1.53. The van der Waals surface area contributed by atoms with Crippen LogP contribution in [0.3, 0.4) is 0 Å². The van der Waals surface area contributed by atoms with E-state index in [0.29, 0.717) is 6.04 Å². The van der Waals surface area contributed by atoms with Gasteiger partial charge in [-0.25, -0.2) is 0 Å². The van der Waals surface area contributed by atoms with Gasteiger partial charge in [-0.05, 0) is 37.3 Å². The Kier molecular flexibility index (Phi) is 2.85. The average Bonchev–Trinajstić information content (AvgIpc) is 2.57. The summed E-state index contributed by atoms with van der Waals surface area (Å²) in [7, 11) is 0. The number of fused-ring (bicyclic) bond motifs is 1. The quantitative estimate of drug-likeness (QED) is 0.818. The first kappa shape index (κ1) is 9.69. The van der Waals surface area contributed by atoms with Crippen LogP contribution in [0.25, 0.3) is 10.1 Å². The first-order valence-electron chi connectivity index (χ1n) is 4.99. The molecule has 74 valence electrons. The lowest BCUT2D eigenvalue weighted by atomic mass is 10.1. The van der Waals surface area contributed by atoms with Crippen LogP contribution < -0.4 is 5.73 Å². The zero-order chi connectivity index (χ0) is 9.97. The number of thiophene rings is 1. The Morgan fingerprint density at radius 3 is 2.86 bits per heavy atom. The van der Waals surface area contributed by atoms with Crippen molar-refractivity contribution in [2.24, 2.45) is 5.73 Å². The highest BCUT2D eigenvalue weighted by Gasteiger charge is 2.02. The predicted molar refractivity (Wildman–Crippen MR) is 63.8 cm³/mol. The monoisotopic (exact) mass is 205 g/mol. The lowest BCUT2D eigenvalue weighted by Gasteiger charge is -2.01. The van der Waals surface area contributed by atoms with Crippen molar-refractivity contribution in [2.45, 2.75) is 25.8 Å². The molecule has 0 bridgehead atoms.